The molecule has 2 aliphatic rings. The van der Waals surface area contributed by atoms with E-state index in [0.29, 0.717) is 5.92 Å². The van der Waals surface area contributed by atoms with Gasteiger partial charge in [0.15, 0.2) is 0 Å². The third-order valence-electron chi connectivity index (χ3n) is 5.79. The van der Waals surface area contributed by atoms with Gasteiger partial charge in [-0.15, -0.1) is 0 Å². The fourth-order valence-electron chi connectivity index (χ4n) is 4.34. The van der Waals surface area contributed by atoms with E-state index >= 15 is 0 Å². The summed E-state index contributed by atoms with van der Waals surface area (Å²) in [5.41, 5.74) is 3.85. The smallest absolute Gasteiger partial charge is 0.0162 e. The first-order valence-corrected chi connectivity index (χ1v) is 8.28. The molecule has 0 amide bonds. The summed E-state index contributed by atoms with van der Waals surface area (Å²) < 4.78 is 0. The highest BCUT2D eigenvalue weighted by Crippen LogP contribution is 2.52. The van der Waals surface area contributed by atoms with Gasteiger partial charge >= 0.3 is 0 Å². The lowest BCUT2D eigenvalue weighted by Gasteiger charge is -2.37. The number of rotatable bonds is 2. The van der Waals surface area contributed by atoms with E-state index in [1.807, 2.05) is 0 Å². The molecule has 0 radical (unpaired) electrons. The highest BCUT2D eigenvalue weighted by atomic mass is 14.4. The normalized spacial score (nSPS) is 23.3. The van der Waals surface area contributed by atoms with Crippen molar-refractivity contribution in [2.45, 2.75) is 77.0 Å². The van der Waals surface area contributed by atoms with Crippen LogP contribution in [0.15, 0.2) is 24.3 Å². The van der Waals surface area contributed by atoms with Crippen LogP contribution in [0, 0.1) is 5.41 Å². The second-order valence-electron chi connectivity index (χ2n) is 7.30. The van der Waals surface area contributed by atoms with Crippen LogP contribution < -0.4 is 0 Å². The van der Waals surface area contributed by atoms with Crippen molar-refractivity contribution in [1.29, 1.82) is 0 Å². The zero-order valence-electron chi connectivity index (χ0n) is 12.6. The number of hydrogen-bond donors (Lipinski definition) is 0. The molecule has 0 unspecified atom stereocenters. The first-order valence-electron chi connectivity index (χ1n) is 8.28. The highest BCUT2D eigenvalue weighted by Gasteiger charge is 2.37. The molecule has 0 saturated heterocycles. The maximum absolute atomic E-state index is 2.40. The second kappa shape index (κ2) is 5.31. The number of benzene rings is 1. The topological polar surface area (TPSA) is 0 Å². The summed E-state index contributed by atoms with van der Waals surface area (Å²) >= 11 is 0. The van der Waals surface area contributed by atoms with E-state index in [1.54, 1.807) is 5.56 Å². The van der Waals surface area contributed by atoms with E-state index in [0.717, 1.165) is 11.3 Å². The Morgan fingerprint density at radius 3 is 2.00 bits per heavy atom. The fourth-order valence-corrected chi connectivity index (χ4v) is 4.34. The van der Waals surface area contributed by atoms with Gasteiger partial charge in [0.2, 0.25) is 0 Å². The van der Waals surface area contributed by atoms with Crippen LogP contribution in [0.2, 0.25) is 0 Å². The van der Waals surface area contributed by atoms with E-state index in [2.05, 4.69) is 38.1 Å². The molecule has 0 atom stereocenters. The Morgan fingerprint density at radius 1 is 0.895 bits per heavy atom. The van der Waals surface area contributed by atoms with Crippen molar-refractivity contribution in [3.63, 3.8) is 0 Å². The summed E-state index contributed by atoms with van der Waals surface area (Å²) in [5, 5.41) is 0. The molecule has 2 saturated carbocycles. The molecular weight excluding hydrogens is 228 g/mol. The van der Waals surface area contributed by atoms with Gasteiger partial charge in [0.05, 0.1) is 0 Å². The predicted octanol–water partition coefficient (Wildman–Crippen LogP) is 6.03. The van der Waals surface area contributed by atoms with Gasteiger partial charge in [-0.1, -0.05) is 51.0 Å². The van der Waals surface area contributed by atoms with Crippen molar-refractivity contribution in [2.75, 3.05) is 0 Å². The Balaban J connectivity index is 1.64. The minimum absolute atomic E-state index is 0.655. The maximum Gasteiger partial charge on any atom is -0.0162 e. The van der Waals surface area contributed by atoms with Gasteiger partial charge in [0.1, 0.15) is 0 Å². The first kappa shape index (κ1) is 13.2. The van der Waals surface area contributed by atoms with E-state index in [9.17, 15) is 0 Å². The second-order valence-corrected chi connectivity index (χ2v) is 7.30. The molecule has 0 aromatic heterocycles. The van der Waals surface area contributed by atoms with Crippen molar-refractivity contribution < 1.29 is 0 Å². The molecule has 0 aliphatic heterocycles. The lowest BCUT2D eigenvalue weighted by molar-refractivity contribution is 0.181. The van der Waals surface area contributed by atoms with Gasteiger partial charge in [-0.3, -0.25) is 0 Å². The van der Waals surface area contributed by atoms with Crippen LogP contribution in [0.3, 0.4) is 0 Å². The van der Waals surface area contributed by atoms with Crippen LogP contribution in [-0.4, -0.2) is 0 Å². The largest absolute Gasteiger partial charge is 0.0587 e. The lowest BCUT2D eigenvalue weighted by atomic mass is 9.68. The Kier molecular flexibility index (Phi) is 3.69. The van der Waals surface area contributed by atoms with E-state index in [1.165, 1.54) is 56.9 Å². The summed E-state index contributed by atoms with van der Waals surface area (Å²) in [5.74, 6) is 1.50. The molecule has 104 valence electrons. The fraction of sp³-hybridized carbons (Fsp3) is 0.684. The van der Waals surface area contributed by atoms with Gasteiger partial charge in [-0.2, -0.15) is 0 Å². The summed E-state index contributed by atoms with van der Waals surface area (Å²) in [7, 11) is 0. The lowest BCUT2D eigenvalue weighted by Crippen LogP contribution is -2.23. The van der Waals surface area contributed by atoms with Crippen LogP contribution in [0.4, 0.5) is 0 Å². The molecule has 19 heavy (non-hydrogen) atoms. The van der Waals surface area contributed by atoms with Crippen molar-refractivity contribution in [3.05, 3.63) is 35.4 Å². The average Bonchev–Trinajstić information content (AvgIpc) is 2.88. The van der Waals surface area contributed by atoms with Crippen LogP contribution in [0.25, 0.3) is 0 Å². The minimum atomic E-state index is 0.655. The molecule has 1 aromatic rings. The van der Waals surface area contributed by atoms with Crippen LogP contribution in [0.5, 0.6) is 0 Å². The van der Waals surface area contributed by atoms with Gasteiger partial charge in [-0.05, 0) is 66.9 Å². The molecule has 3 rings (SSSR count). The van der Waals surface area contributed by atoms with Crippen molar-refractivity contribution >= 4 is 0 Å². The summed E-state index contributed by atoms with van der Waals surface area (Å²) in [4.78, 5) is 0. The zero-order chi connectivity index (χ0) is 13.3. The molecule has 2 aliphatic carbocycles. The first-order chi connectivity index (χ1) is 9.19. The predicted molar refractivity (Wildman–Crippen MR) is 82.6 cm³/mol. The molecule has 0 N–H and O–H groups in total. The molecular formula is C19H28. The van der Waals surface area contributed by atoms with Gasteiger partial charge in [0, 0.05) is 0 Å². The SMILES string of the molecule is CC(C)c1ccc(C2CCC3(CCCC3)CC2)cc1. The Labute approximate surface area is 118 Å². The number of hydrogen-bond acceptors (Lipinski definition) is 0. The molecule has 0 heterocycles. The quantitative estimate of drug-likeness (QED) is 0.606. The highest BCUT2D eigenvalue weighted by molar-refractivity contribution is 5.27. The van der Waals surface area contributed by atoms with Gasteiger partial charge < -0.3 is 0 Å². The van der Waals surface area contributed by atoms with E-state index in [-0.39, 0.29) is 0 Å². The molecule has 2 fully saturated rings. The molecule has 0 bridgehead atoms. The summed E-state index contributed by atoms with van der Waals surface area (Å²) in [6.07, 6.45) is 11.9. The zero-order valence-corrected chi connectivity index (χ0v) is 12.6. The molecule has 0 nitrogen and oxygen atoms in total. The Hall–Kier alpha value is -0.780. The maximum atomic E-state index is 2.40. The van der Waals surface area contributed by atoms with Crippen LogP contribution >= 0.6 is 0 Å². The standard InChI is InChI=1S/C19H28/c1-15(2)16-5-7-17(8-6-16)18-9-13-19(14-10-18)11-3-4-12-19/h5-8,15,18H,3-4,9-14H2,1-2H3. The molecule has 1 aromatic carbocycles. The van der Waals surface area contributed by atoms with E-state index in [4.69, 9.17) is 0 Å². The minimum Gasteiger partial charge on any atom is -0.0587 e. The third kappa shape index (κ3) is 2.73. The summed E-state index contributed by atoms with van der Waals surface area (Å²) in [6, 6.07) is 9.49. The van der Waals surface area contributed by atoms with E-state index < -0.39 is 0 Å². The Morgan fingerprint density at radius 2 is 1.47 bits per heavy atom. The monoisotopic (exact) mass is 256 g/mol. The van der Waals surface area contributed by atoms with Crippen molar-refractivity contribution in [3.8, 4) is 0 Å². The summed E-state index contributed by atoms with van der Waals surface area (Å²) in [6.45, 7) is 4.55. The molecule has 1 spiro atoms. The van der Waals surface area contributed by atoms with Crippen molar-refractivity contribution in [2.24, 2.45) is 5.41 Å². The average molecular weight is 256 g/mol. The van der Waals surface area contributed by atoms with Crippen molar-refractivity contribution in [1.82, 2.24) is 0 Å². The third-order valence-corrected chi connectivity index (χ3v) is 5.79. The van der Waals surface area contributed by atoms with Gasteiger partial charge in [-0.25, -0.2) is 0 Å². The van der Waals surface area contributed by atoms with Crippen LogP contribution in [-0.2, 0) is 0 Å². The Bertz CT molecular complexity index is 396. The van der Waals surface area contributed by atoms with Crippen LogP contribution in [0.1, 0.15) is 88.2 Å². The molecule has 0 heteroatoms. The van der Waals surface area contributed by atoms with Gasteiger partial charge in [0.25, 0.3) is 0 Å².